The van der Waals surface area contributed by atoms with Crippen LogP contribution in [0.4, 0.5) is 0 Å². The Labute approximate surface area is 139 Å². The number of nitrogens with one attached hydrogen (secondary N) is 1. The van der Waals surface area contributed by atoms with Crippen molar-refractivity contribution in [2.45, 2.75) is 42.5 Å². The summed E-state index contributed by atoms with van der Waals surface area (Å²) in [6.07, 6.45) is 4.57. The molecule has 0 spiro atoms. The molecule has 6 heteroatoms. The van der Waals surface area contributed by atoms with E-state index in [0.717, 1.165) is 37.0 Å². The van der Waals surface area contributed by atoms with Crippen LogP contribution in [0.1, 0.15) is 32.1 Å². The first kappa shape index (κ1) is 16.5. The van der Waals surface area contributed by atoms with E-state index in [4.69, 9.17) is 23.2 Å². The zero-order chi connectivity index (χ0) is 15.3. The van der Waals surface area contributed by atoms with Crippen LogP contribution in [-0.4, -0.2) is 17.2 Å². The van der Waals surface area contributed by atoms with E-state index < -0.39 is 5.54 Å². The summed E-state index contributed by atoms with van der Waals surface area (Å²) < 4.78 is 0. The lowest BCUT2D eigenvalue weighted by Crippen LogP contribution is -2.49. The van der Waals surface area contributed by atoms with Crippen LogP contribution in [0.2, 0.25) is 10.0 Å². The number of carbonyl (C=O) groups excluding carboxylic acids is 1. The van der Waals surface area contributed by atoms with Crippen molar-refractivity contribution in [2.75, 3.05) is 5.75 Å². The summed E-state index contributed by atoms with van der Waals surface area (Å²) in [7, 11) is 0. The molecule has 0 heterocycles. The maximum Gasteiger partial charge on any atom is 0.231 e. The molecule has 0 aromatic heterocycles. The summed E-state index contributed by atoms with van der Waals surface area (Å²) in [5, 5.41) is 13.4. The Morgan fingerprint density at radius 3 is 2.71 bits per heavy atom. The quantitative estimate of drug-likeness (QED) is 0.823. The molecule has 0 aliphatic heterocycles. The average Bonchev–Trinajstić information content (AvgIpc) is 2.49. The molecule has 112 valence electrons. The molecule has 1 N–H and O–H groups in total. The van der Waals surface area contributed by atoms with Crippen LogP contribution in [0.5, 0.6) is 0 Å². The van der Waals surface area contributed by atoms with Crippen molar-refractivity contribution in [3.63, 3.8) is 0 Å². The van der Waals surface area contributed by atoms with Crippen LogP contribution < -0.4 is 5.32 Å². The maximum absolute atomic E-state index is 12.1. The van der Waals surface area contributed by atoms with Crippen LogP contribution in [0.15, 0.2) is 23.1 Å². The van der Waals surface area contributed by atoms with E-state index in [0.29, 0.717) is 10.0 Å². The predicted molar refractivity (Wildman–Crippen MR) is 86.8 cm³/mol. The molecule has 1 aromatic carbocycles. The van der Waals surface area contributed by atoms with Crippen molar-refractivity contribution in [3.8, 4) is 6.07 Å². The molecule has 1 amide bonds. The highest BCUT2D eigenvalue weighted by atomic mass is 35.5. The van der Waals surface area contributed by atoms with Gasteiger partial charge in [-0.15, -0.1) is 11.8 Å². The second kappa shape index (κ2) is 7.40. The van der Waals surface area contributed by atoms with Crippen molar-refractivity contribution >= 4 is 40.9 Å². The molecule has 0 unspecified atom stereocenters. The summed E-state index contributed by atoms with van der Waals surface area (Å²) in [5.74, 6) is 0.0863. The highest BCUT2D eigenvalue weighted by Crippen LogP contribution is 2.31. The Morgan fingerprint density at radius 2 is 2.05 bits per heavy atom. The van der Waals surface area contributed by atoms with Gasteiger partial charge in [0.05, 0.1) is 16.8 Å². The zero-order valence-electron chi connectivity index (χ0n) is 11.5. The van der Waals surface area contributed by atoms with Gasteiger partial charge in [0.15, 0.2) is 0 Å². The molecule has 1 saturated carbocycles. The summed E-state index contributed by atoms with van der Waals surface area (Å²) in [4.78, 5) is 12.9. The highest BCUT2D eigenvalue weighted by Gasteiger charge is 2.33. The number of nitriles is 1. The minimum Gasteiger partial charge on any atom is -0.337 e. The SMILES string of the molecule is N#CC1(NC(=O)CSc2cc(Cl)ccc2Cl)CCCCC1. The molecular weight excluding hydrogens is 327 g/mol. The Bertz CT molecular complexity index is 565. The van der Waals surface area contributed by atoms with Crippen LogP contribution >= 0.6 is 35.0 Å². The van der Waals surface area contributed by atoms with Gasteiger partial charge in [-0.05, 0) is 31.0 Å². The first-order valence-corrected chi connectivity index (χ1v) is 8.59. The van der Waals surface area contributed by atoms with E-state index in [1.54, 1.807) is 18.2 Å². The number of carbonyl (C=O) groups is 1. The normalized spacial score (nSPS) is 17.0. The smallest absolute Gasteiger partial charge is 0.231 e. The third-order valence-electron chi connectivity index (χ3n) is 3.55. The standard InChI is InChI=1S/C15H16Cl2N2OS/c16-11-4-5-12(17)13(8-11)21-9-14(20)19-15(10-18)6-2-1-3-7-15/h4-5,8H,1-3,6-7,9H2,(H,19,20). The summed E-state index contributed by atoms with van der Waals surface area (Å²) in [6.45, 7) is 0. The Kier molecular flexibility index (Phi) is 5.80. The summed E-state index contributed by atoms with van der Waals surface area (Å²) in [6, 6.07) is 7.44. The monoisotopic (exact) mass is 342 g/mol. The van der Waals surface area contributed by atoms with Crippen molar-refractivity contribution < 1.29 is 4.79 Å². The third-order valence-corrected chi connectivity index (χ3v) is 5.28. The fourth-order valence-corrected chi connectivity index (χ4v) is 3.75. The first-order valence-electron chi connectivity index (χ1n) is 6.85. The van der Waals surface area contributed by atoms with Crippen molar-refractivity contribution in [2.24, 2.45) is 0 Å². The van der Waals surface area contributed by atoms with E-state index in [1.165, 1.54) is 11.8 Å². The average molecular weight is 343 g/mol. The maximum atomic E-state index is 12.1. The highest BCUT2D eigenvalue weighted by molar-refractivity contribution is 8.00. The molecule has 0 bridgehead atoms. The molecule has 1 aromatic rings. The van der Waals surface area contributed by atoms with Gasteiger partial charge in [0.1, 0.15) is 5.54 Å². The number of thioether (sulfide) groups is 1. The third kappa shape index (κ3) is 4.54. The molecule has 1 aliphatic rings. The van der Waals surface area contributed by atoms with Gasteiger partial charge >= 0.3 is 0 Å². The molecule has 1 aliphatic carbocycles. The fraction of sp³-hybridized carbons (Fsp3) is 0.467. The molecule has 3 nitrogen and oxygen atoms in total. The van der Waals surface area contributed by atoms with Gasteiger partial charge in [-0.25, -0.2) is 0 Å². The first-order chi connectivity index (χ1) is 10.0. The number of benzene rings is 1. The number of halogens is 2. The number of nitrogens with zero attached hydrogens (tertiary/aromatic N) is 1. The lowest BCUT2D eigenvalue weighted by Gasteiger charge is -2.31. The van der Waals surface area contributed by atoms with Gasteiger partial charge < -0.3 is 5.32 Å². The lowest BCUT2D eigenvalue weighted by molar-refractivity contribution is -0.120. The van der Waals surface area contributed by atoms with Gasteiger partial charge in [-0.2, -0.15) is 5.26 Å². The lowest BCUT2D eigenvalue weighted by atomic mass is 9.83. The van der Waals surface area contributed by atoms with Gasteiger partial charge in [-0.3, -0.25) is 4.79 Å². The number of rotatable bonds is 4. The summed E-state index contributed by atoms with van der Waals surface area (Å²) >= 11 is 13.3. The molecular formula is C15H16Cl2N2OS. The minimum atomic E-state index is -0.686. The Hall–Kier alpha value is -0.890. The largest absolute Gasteiger partial charge is 0.337 e. The van der Waals surface area contributed by atoms with Crippen LogP contribution in [0.3, 0.4) is 0 Å². The van der Waals surface area contributed by atoms with Gasteiger partial charge in [0.2, 0.25) is 5.91 Å². The van der Waals surface area contributed by atoms with Gasteiger partial charge in [0, 0.05) is 9.92 Å². The van der Waals surface area contributed by atoms with E-state index in [-0.39, 0.29) is 11.7 Å². The fourth-order valence-electron chi connectivity index (χ4n) is 2.45. The molecule has 0 radical (unpaired) electrons. The van der Waals surface area contributed by atoms with Crippen molar-refractivity contribution in [1.29, 1.82) is 5.26 Å². The Balaban J connectivity index is 1.93. The van der Waals surface area contributed by atoms with E-state index >= 15 is 0 Å². The van der Waals surface area contributed by atoms with Crippen LogP contribution in [0.25, 0.3) is 0 Å². The van der Waals surface area contributed by atoms with E-state index in [2.05, 4.69) is 11.4 Å². The summed E-state index contributed by atoms with van der Waals surface area (Å²) in [5.41, 5.74) is -0.686. The number of hydrogen-bond donors (Lipinski definition) is 1. The molecule has 2 rings (SSSR count). The minimum absolute atomic E-state index is 0.139. The van der Waals surface area contributed by atoms with Gasteiger partial charge in [-0.1, -0.05) is 42.5 Å². The predicted octanol–water partition coefficient (Wildman–Crippen LogP) is 4.43. The van der Waals surface area contributed by atoms with Gasteiger partial charge in [0.25, 0.3) is 0 Å². The molecule has 1 fully saturated rings. The second-order valence-corrected chi connectivity index (χ2v) is 7.03. The topological polar surface area (TPSA) is 52.9 Å². The number of hydrogen-bond acceptors (Lipinski definition) is 3. The molecule has 0 atom stereocenters. The van der Waals surface area contributed by atoms with E-state index in [1.807, 2.05) is 0 Å². The number of amides is 1. The molecule has 21 heavy (non-hydrogen) atoms. The van der Waals surface area contributed by atoms with E-state index in [9.17, 15) is 10.1 Å². The second-order valence-electron chi connectivity index (χ2n) is 5.17. The van der Waals surface area contributed by atoms with Crippen LogP contribution in [0, 0.1) is 11.3 Å². The zero-order valence-corrected chi connectivity index (χ0v) is 13.8. The molecule has 0 saturated heterocycles. The van der Waals surface area contributed by atoms with Crippen LogP contribution in [-0.2, 0) is 4.79 Å². The Morgan fingerprint density at radius 1 is 1.33 bits per heavy atom. The van der Waals surface area contributed by atoms with Crippen molar-refractivity contribution in [3.05, 3.63) is 28.2 Å². The van der Waals surface area contributed by atoms with Crippen molar-refractivity contribution in [1.82, 2.24) is 5.32 Å².